The van der Waals surface area contributed by atoms with Gasteiger partial charge >= 0.3 is 0 Å². The van der Waals surface area contributed by atoms with Crippen molar-refractivity contribution in [2.45, 2.75) is 31.3 Å². The summed E-state index contributed by atoms with van der Waals surface area (Å²) in [4.78, 5) is 15.0. The standard InChI is InChI=1S/C22H27FN2O2/c1-27-15-12-22(24-21(26)19-7-3-2-4-8-19)10-13-25(14-11-22)17-18-6-5-9-20(23)16-18/h2-9,16H,10-15,17H2,1H3,(H,24,26). The number of methoxy groups -OCH3 is 1. The molecule has 1 saturated heterocycles. The normalized spacial score (nSPS) is 16.8. The van der Waals surface area contributed by atoms with Crippen LogP contribution in [0.1, 0.15) is 35.2 Å². The highest BCUT2D eigenvalue weighted by molar-refractivity contribution is 5.94. The maximum atomic E-state index is 13.4. The van der Waals surface area contributed by atoms with Crippen LogP contribution in [0.25, 0.3) is 0 Å². The molecule has 1 heterocycles. The Hall–Kier alpha value is -2.24. The van der Waals surface area contributed by atoms with Crippen molar-refractivity contribution in [3.05, 3.63) is 71.5 Å². The zero-order valence-electron chi connectivity index (χ0n) is 15.8. The second-order valence-electron chi connectivity index (χ2n) is 7.25. The first-order chi connectivity index (χ1) is 13.1. The van der Waals surface area contributed by atoms with Gasteiger partial charge in [0.15, 0.2) is 0 Å². The Morgan fingerprint density at radius 3 is 2.56 bits per heavy atom. The van der Waals surface area contributed by atoms with E-state index in [1.54, 1.807) is 19.2 Å². The molecular formula is C22H27FN2O2. The summed E-state index contributed by atoms with van der Waals surface area (Å²) in [5, 5.41) is 3.27. The minimum atomic E-state index is -0.263. The van der Waals surface area contributed by atoms with Crippen molar-refractivity contribution in [1.82, 2.24) is 10.2 Å². The number of hydrogen-bond donors (Lipinski definition) is 1. The van der Waals surface area contributed by atoms with Gasteiger partial charge in [-0.2, -0.15) is 0 Å². The van der Waals surface area contributed by atoms with E-state index in [2.05, 4.69) is 10.2 Å². The fraction of sp³-hybridized carbons (Fsp3) is 0.409. The van der Waals surface area contributed by atoms with Gasteiger partial charge in [-0.1, -0.05) is 30.3 Å². The molecule has 4 nitrogen and oxygen atoms in total. The molecule has 3 rings (SSSR count). The summed E-state index contributed by atoms with van der Waals surface area (Å²) >= 11 is 0. The van der Waals surface area contributed by atoms with Gasteiger partial charge < -0.3 is 10.1 Å². The molecule has 0 bridgehead atoms. The number of likely N-dealkylation sites (tertiary alicyclic amines) is 1. The molecule has 0 aromatic heterocycles. The van der Waals surface area contributed by atoms with Crippen molar-refractivity contribution in [3.8, 4) is 0 Å². The van der Waals surface area contributed by atoms with Gasteiger partial charge in [0, 0.05) is 44.5 Å². The molecule has 1 amide bonds. The van der Waals surface area contributed by atoms with E-state index in [0.717, 1.165) is 44.5 Å². The number of benzene rings is 2. The molecule has 5 heteroatoms. The van der Waals surface area contributed by atoms with Gasteiger partial charge in [-0.3, -0.25) is 9.69 Å². The monoisotopic (exact) mass is 370 g/mol. The van der Waals surface area contributed by atoms with Crippen molar-refractivity contribution in [1.29, 1.82) is 0 Å². The van der Waals surface area contributed by atoms with Crippen LogP contribution in [0.2, 0.25) is 0 Å². The lowest BCUT2D eigenvalue weighted by Crippen LogP contribution is -2.55. The first-order valence-electron chi connectivity index (χ1n) is 9.43. The van der Waals surface area contributed by atoms with Crippen LogP contribution in [0.3, 0.4) is 0 Å². The average molecular weight is 370 g/mol. The van der Waals surface area contributed by atoms with Gasteiger partial charge in [-0.25, -0.2) is 4.39 Å². The average Bonchev–Trinajstić information content (AvgIpc) is 2.69. The molecule has 1 aliphatic rings. The number of nitrogens with zero attached hydrogens (tertiary/aromatic N) is 1. The zero-order valence-corrected chi connectivity index (χ0v) is 15.8. The molecule has 0 radical (unpaired) electrons. The van der Waals surface area contributed by atoms with Gasteiger partial charge in [0.1, 0.15) is 5.82 Å². The minimum Gasteiger partial charge on any atom is -0.385 e. The maximum Gasteiger partial charge on any atom is 0.251 e. The van der Waals surface area contributed by atoms with Crippen LogP contribution in [0.5, 0.6) is 0 Å². The summed E-state index contributed by atoms with van der Waals surface area (Å²) in [5.41, 5.74) is 1.39. The molecule has 0 atom stereocenters. The number of carbonyl (C=O) groups is 1. The summed E-state index contributed by atoms with van der Waals surface area (Å²) in [6.07, 6.45) is 2.49. The smallest absolute Gasteiger partial charge is 0.251 e. The Balaban J connectivity index is 1.63. The van der Waals surface area contributed by atoms with E-state index in [1.165, 1.54) is 6.07 Å². The zero-order chi connectivity index (χ0) is 19.1. The highest BCUT2D eigenvalue weighted by Gasteiger charge is 2.35. The number of hydrogen-bond acceptors (Lipinski definition) is 3. The summed E-state index contributed by atoms with van der Waals surface area (Å²) in [6, 6.07) is 16.1. The fourth-order valence-electron chi connectivity index (χ4n) is 3.67. The van der Waals surface area contributed by atoms with E-state index in [9.17, 15) is 9.18 Å². The predicted molar refractivity (Wildman–Crippen MR) is 104 cm³/mol. The van der Waals surface area contributed by atoms with Crippen molar-refractivity contribution in [3.63, 3.8) is 0 Å². The van der Waals surface area contributed by atoms with Crippen LogP contribution in [-0.2, 0) is 11.3 Å². The lowest BCUT2D eigenvalue weighted by Gasteiger charge is -2.42. The quantitative estimate of drug-likeness (QED) is 0.809. The first kappa shape index (κ1) is 19.5. The number of nitrogens with one attached hydrogen (secondary N) is 1. The van der Waals surface area contributed by atoms with Crippen LogP contribution >= 0.6 is 0 Å². The van der Waals surface area contributed by atoms with E-state index in [0.29, 0.717) is 12.2 Å². The SMILES string of the molecule is COCCC1(NC(=O)c2ccccc2)CCN(Cc2cccc(F)c2)CC1. The second-order valence-corrected chi connectivity index (χ2v) is 7.25. The van der Waals surface area contributed by atoms with E-state index in [1.807, 2.05) is 36.4 Å². The first-order valence-corrected chi connectivity index (χ1v) is 9.43. The largest absolute Gasteiger partial charge is 0.385 e. The minimum absolute atomic E-state index is 0.0368. The Labute approximate surface area is 160 Å². The highest BCUT2D eigenvalue weighted by atomic mass is 19.1. The van der Waals surface area contributed by atoms with E-state index in [-0.39, 0.29) is 17.3 Å². The number of amides is 1. The molecule has 0 aliphatic carbocycles. The number of ether oxygens (including phenoxy) is 1. The van der Waals surface area contributed by atoms with Crippen molar-refractivity contribution >= 4 is 5.91 Å². The Bertz CT molecular complexity index is 743. The summed E-state index contributed by atoms with van der Waals surface area (Å²) in [6.45, 7) is 3.05. The van der Waals surface area contributed by atoms with Crippen LogP contribution < -0.4 is 5.32 Å². The van der Waals surface area contributed by atoms with Crippen molar-refractivity contribution in [2.24, 2.45) is 0 Å². The van der Waals surface area contributed by atoms with Crippen LogP contribution in [-0.4, -0.2) is 43.2 Å². The van der Waals surface area contributed by atoms with Gasteiger partial charge in [-0.05, 0) is 49.1 Å². The van der Waals surface area contributed by atoms with Gasteiger partial charge in [0.05, 0.1) is 0 Å². The third-order valence-electron chi connectivity index (χ3n) is 5.31. The Kier molecular flexibility index (Phi) is 6.58. The van der Waals surface area contributed by atoms with Crippen molar-refractivity contribution < 1.29 is 13.9 Å². The van der Waals surface area contributed by atoms with E-state index < -0.39 is 0 Å². The lowest BCUT2D eigenvalue weighted by atomic mass is 9.84. The summed E-state index contributed by atoms with van der Waals surface area (Å²) in [7, 11) is 1.69. The topological polar surface area (TPSA) is 41.6 Å². The molecule has 0 saturated carbocycles. The maximum absolute atomic E-state index is 13.4. The molecule has 0 unspecified atom stereocenters. The fourth-order valence-corrected chi connectivity index (χ4v) is 3.67. The van der Waals surface area contributed by atoms with E-state index >= 15 is 0 Å². The molecule has 0 spiro atoms. The van der Waals surface area contributed by atoms with Gasteiger partial charge in [0.25, 0.3) is 5.91 Å². The van der Waals surface area contributed by atoms with Gasteiger partial charge in [0.2, 0.25) is 0 Å². The van der Waals surface area contributed by atoms with Crippen LogP contribution in [0, 0.1) is 5.82 Å². The third kappa shape index (κ3) is 5.37. The number of carbonyl (C=O) groups excluding carboxylic acids is 1. The Morgan fingerprint density at radius 2 is 1.89 bits per heavy atom. The molecule has 2 aromatic carbocycles. The third-order valence-corrected chi connectivity index (χ3v) is 5.31. The molecule has 1 aliphatic heterocycles. The molecule has 1 fully saturated rings. The van der Waals surface area contributed by atoms with Crippen LogP contribution in [0.15, 0.2) is 54.6 Å². The number of halogens is 1. The number of rotatable bonds is 7. The summed E-state index contributed by atoms with van der Waals surface area (Å²) < 4.78 is 18.7. The molecule has 2 aromatic rings. The second kappa shape index (κ2) is 9.11. The molecule has 27 heavy (non-hydrogen) atoms. The lowest BCUT2D eigenvalue weighted by molar-refractivity contribution is 0.0690. The molecular weight excluding hydrogens is 343 g/mol. The van der Waals surface area contributed by atoms with Crippen molar-refractivity contribution in [2.75, 3.05) is 26.8 Å². The molecule has 1 N–H and O–H groups in total. The number of piperidine rings is 1. The van der Waals surface area contributed by atoms with Gasteiger partial charge in [-0.15, -0.1) is 0 Å². The van der Waals surface area contributed by atoms with Crippen LogP contribution in [0.4, 0.5) is 4.39 Å². The van der Waals surface area contributed by atoms with E-state index in [4.69, 9.17) is 4.74 Å². The predicted octanol–water partition coefficient (Wildman–Crippen LogP) is 3.63. The summed E-state index contributed by atoms with van der Waals surface area (Å²) in [5.74, 6) is -0.237. The molecule has 144 valence electrons. The highest BCUT2D eigenvalue weighted by Crippen LogP contribution is 2.27. The Morgan fingerprint density at radius 1 is 1.15 bits per heavy atom.